The van der Waals surface area contributed by atoms with Gasteiger partial charge in [-0.25, -0.2) is 4.68 Å². The normalized spacial score (nSPS) is 11.5. The molecule has 5 nitrogen and oxygen atoms in total. The minimum Gasteiger partial charge on any atom is -0.395 e. The maximum Gasteiger partial charge on any atom is 0.435 e. The highest BCUT2D eigenvalue weighted by atomic mass is 19.4. The van der Waals surface area contributed by atoms with Crippen LogP contribution in [0.5, 0.6) is 0 Å². The number of benzene rings is 1. The van der Waals surface area contributed by atoms with Crippen molar-refractivity contribution in [1.82, 2.24) is 14.7 Å². The molecular weight excluding hydrogens is 299 g/mol. The van der Waals surface area contributed by atoms with Crippen LogP contribution in [-0.4, -0.2) is 45.9 Å². The predicted octanol–water partition coefficient (Wildman–Crippen LogP) is 1.96. The first-order valence-electron chi connectivity index (χ1n) is 6.42. The van der Waals surface area contributed by atoms with Gasteiger partial charge in [0.05, 0.1) is 12.3 Å². The molecule has 0 atom stereocenters. The zero-order valence-electron chi connectivity index (χ0n) is 11.7. The first-order chi connectivity index (χ1) is 10.3. The molecule has 0 bridgehead atoms. The number of aromatic nitrogens is 2. The fourth-order valence-electron chi connectivity index (χ4n) is 1.87. The molecule has 0 saturated heterocycles. The molecule has 0 saturated carbocycles. The number of carbonyl (C=O) groups excluding carboxylic acids is 1. The van der Waals surface area contributed by atoms with Crippen LogP contribution in [0.15, 0.2) is 36.5 Å². The summed E-state index contributed by atoms with van der Waals surface area (Å²) >= 11 is 0. The van der Waals surface area contributed by atoms with E-state index in [2.05, 4.69) is 5.10 Å². The number of carbonyl (C=O) groups is 1. The molecule has 1 aromatic carbocycles. The zero-order chi connectivity index (χ0) is 16.3. The average Bonchev–Trinajstić information content (AvgIpc) is 2.97. The molecule has 2 rings (SSSR count). The topological polar surface area (TPSA) is 58.4 Å². The molecule has 1 N–H and O–H groups in total. The molecule has 1 heterocycles. The molecule has 22 heavy (non-hydrogen) atoms. The van der Waals surface area contributed by atoms with E-state index in [4.69, 9.17) is 5.11 Å². The van der Waals surface area contributed by atoms with Gasteiger partial charge in [-0.05, 0) is 24.3 Å². The van der Waals surface area contributed by atoms with Gasteiger partial charge in [-0.15, -0.1) is 0 Å². The van der Waals surface area contributed by atoms with Crippen molar-refractivity contribution in [3.63, 3.8) is 0 Å². The number of aliphatic hydroxyl groups is 1. The highest BCUT2D eigenvalue weighted by Crippen LogP contribution is 2.27. The molecule has 1 amide bonds. The van der Waals surface area contributed by atoms with Crippen LogP contribution in [0, 0.1) is 0 Å². The Balaban J connectivity index is 2.29. The van der Waals surface area contributed by atoms with Crippen molar-refractivity contribution in [1.29, 1.82) is 0 Å². The van der Waals surface area contributed by atoms with Crippen LogP contribution < -0.4 is 0 Å². The molecule has 0 aliphatic carbocycles. The Hall–Kier alpha value is -2.35. The minimum atomic E-state index is -4.51. The van der Waals surface area contributed by atoms with Crippen LogP contribution in [0.2, 0.25) is 0 Å². The number of hydrogen-bond donors (Lipinski definition) is 1. The second-order valence-electron chi connectivity index (χ2n) is 4.64. The second-order valence-corrected chi connectivity index (χ2v) is 4.64. The predicted molar refractivity (Wildman–Crippen MR) is 72.6 cm³/mol. The van der Waals surface area contributed by atoms with Gasteiger partial charge in [0.2, 0.25) is 0 Å². The number of halogens is 3. The van der Waals surface area contributed by atoms with Crippen molar-refractivity contribution in [3.8, 4) is 5.69 Å². The third-order valence-corrected chi connectivity index (χ3v) is 3.02. The lowest BCUT2D eigenvalue weighted by molar-refractivity contribution is -0.141. The van der Waals surface area contributed by atoms with Crippen LogP contribution in [0.1, 0.15) is 16.1 Å². The first kappa shape index (κ1) is 16.0. The Labute approximate surface area is 124 Å². The third-order valence-electron chi connectivity index (χ3n) is 3.02. The maximum atomic E-state index is 12.6. The summed E-state index contributed by atoms with van der Waals surface area (Å²) in [5.41, 5.74) is -0.349. The molecule has 2 aromatic rings. The molecule has 1 aromatic heterocycles. The highest BCUT2D eigenvalue weighted by molar-refractivity contribution is 5.94. The van der Waals surface area contributed by atoms with Crippen molar-refractivity contribution in [2.75, 3.05) is 20.2 Å². The third kappa shape index (κ3) is 3.45. The Kier molecular flexibility index (Phi) is 4.51. The Morgan fingerprint density at radius 1 is 1.36 bits per heavy atom. The second kappa shape index (κ2) is 6.18. The van der Waals surface area contributed by atoms with Crippen molar-refractivity contribution in [2.45, 2.75) is 6.18 Å². The number of nitrogens with zero attached hydrogens (tertiary/aromatic N) is 3. The molecule has 0 aliphatic rings. The summed E-state index contributed by atoms with van der Waals surface area (Å²) in [6, 6.07) is 6.98. The molecular formula is C14H14F3N3O2. The van der Waals surface area contributed by atoms with Crippen molar-refractivity contribution in [3.05, 3.63) is 47.8 Å². The highest BCUT2D eigenvalue weighted by Gasteiger charge is 2.33. The van der Waals surface area contributed by atoms with Gasteiger partial charge in [0, 0.05) is 25.4 Å². The van der Waals surface area contributed by atoms with E-state index in [1.165, 1.54) is 24.2 Å². The number of rotatable bonds is 4. The quantitative estimate of drug-likeness (QED) is 0.938. The number of amides is 1. The molecule has 118 valence electrons. The number of hydrogen-bond acceptors (Lipinski definition) is 3. The molecule has 0 radical (unpaired) electrons. The summed E-state index contributed by atoms with van der Waals surface area (Å²) < 4.78 is 38.7. The van der Waals surface area contributed by atoms with Gasteiger partial charge in [0.1, 0.15) is 0 Å². The smallest absolute Gasteiger partial charge is 0.395 e. The van der Waals surface area contributed by atoms with Crippen LogP contribution in [0.3, 0.4) is 0 Å². The fraction of sp³-hybridized carbons (Fsp3) is 0.286. The van der Waals surface area contributed by atoms with Gasteiger partial charge in [-0.2, -0.15) is 18.3 Å². The van der Waals surface area contributed by atoms with E-state index in [1.54, 1.807) is 18.2 Å². The molecule has 0 fully saturated rings. The van der Waals surface area contributed by atoms with Crippen LogP contribution in [0.4, 0.5) is 13.2 Å². The zero-order valence-corrected chi connectivity index (χ0v) is 11.7. The Morgan fingerprint density at radius 2 is 2.09 bits per heavy atom. The van der Waals surface area contributed by atoms with Crippen LogP contribution >= 0.6 is 0 Å². The summed E-state index contributed by atoms with van der Waals surface area (Å²) in [7, 11) is 1.53. The van der Waals surface area contributed by atoms with Crippen molar-refractivity contribution in [2.24, 2.45) is 0 Å². The number of likely N-dealkylation sites (N-methyl/N-ethyl adjacent to an activating group) is 1. The van der Waals surface area contributed by atoms with Gasteiger partial charge >= 0.3 is 6.18 Å². The van der Waals surface area contributed by atoms with Gasteiger partial charge in [-0.3, -0.25) is 4.79 Å². The molecule has 0 spiro atoms. The molecule has 8 heteroatoms. The summed E-state index contributed by atoms with van der Waals surface area (Å²) in [5.74, 6) is -0.334. The lowest BCUT2D eigenvalue weighted by atomic mass is 10.2. The van der Waals surface area contributed by atoms with E-state index < -0.39 is 11.9 Å². The minimum absolute atomic E-state index is 0.170. The SMILES string of the molecule is CN(CCO)C(=O)c1cccc(-n2ccc(C(F)(F)F)n2)c1. The monoisotopic (exact) mass is 313 g/mol. The van der Waals surface area contributed by atoms with Gasteiger partial charge in [0.25, 0.3) is 5.91 Å². The Bertz CT molecular complexity index is 667. The first-order valence-corrected chi connectivity index (χ1v) is 6.42. The van der Waals surface area contributed by atoms with Crippen LogP contribution in [0.25, 0.3) is 5.69 Å². The summed E-state index contributed by atoms with van der Waals surface area (Å²) in [6.45, 7) is -0.000911. The van der Waals surface area contributed by atoms with E-state index >= 15 is 0 Å². The maximum absolute atomic E-state index is 12.6. The van der Waals surface area contributed by atoms with Gasteiger partial charge in [-0.1, -0.05) is 6.07 Å². The van der Waals surface area contributed by atoms with E-state index in [1.807, 2.05) is 0 Å². The van der Waals surface area contributed by atoms with Crippen LogP contribution in [-0.2, 0) is 6.18 Å². The summed E-state index contributed by atoms with van der Waals surface area (Å²) in [5, 5.41) is 12.3. The number of alkyl halides is 3. The summed E-state index contributed by atoms with van der Waals surface area (Å²) in [4.78, 5) is 13.4. The largest absolute Gasteiger partial charge is 0.435 e. The fourth-order valence-corrected chi connectivity index (χ4v) is 1.87. The van der Waals surface area contributed by atoms with Gasteiger partial charge in [0.15, 0.2) is 5.69 Å². The lowest BCUT2D eigenvalue weighted by Gasteiger charge is -2.16. The van der Waals surface area contributed by atoms with E-state index in [9.17, 15) is 18.0 Å². The van der Waals surface area contributed by atoms with Crippen molar-refractivity contribution >= 4 is 5.91 Å². The van der Waals surface area contributed by atoms with E-state index in [0.29, 0.717) is 11.3 Å². The summed E-state index contributed by atoms with van der Waals surface area (Å²) in [6.07, 6.45) is -3.33. The van der Waals surface area contributed by atoms with Crippen molar-refractivity contribution < 1.29 is 23.1 Å². The Morgan fingerprint density at radius 3 is 2.68 bits per heavy atom. The standard InChI is InChI=1S/C14H14F3N3O2/c1-19(7-8-21)13(22)10-3-2-4-11(9-10)20-6-5-12(18-20)14(15,16)17/h2-6,9,21H,7-8H2,1H3. The molecule has 0 unspecified atom stereocenters. The molecule has 0 aliphatic heterocycles. The lowest BCUT2D eigenvalue weighted by Crippen LogP contribution is -2.29. The van der Waals surface area contributed by atoms with E-state index in [0.717, 1.165) is 10.7 Å². The van der Waals surface area contributed by atoms with Gasteiger partial charge < -0.3 is 10.0 Å². The number of aliphatic hydroxyl groups excluding tert-OH is 1. The van der Waals surface area contributed by atoms with E-state index in [-0.39, 0.29) is 19.1 Å². The average molecular weight is 313 g/mol.